The van der Waals surface area contributed by atoms with Crippen LogP contribution in [0.3, 0.4) is 0 Å². The Kier molecular flexibility index (Phi) is 5.17. The molecule has 1 saturated carbocycles. The number of hydrogen-bond donors (Lipinski definition) is 2. The summed E-state index contributed by atoms with van der Waals surface area (Å²) in [6.07, 6.45) is 4.24. The highest BCUT2D eigenvalue weighted by Crippen LogP contribution is 2.29. The van der Waals surface area contributed by atoms with Gasteiger partial charge in [0.05, 0.1) is 11.6 Å². The van der Waals surface area contributed by atoms with Crippen LogP contribution in [0.25, 0.3) is 0 Å². The number of imide groups is 1. The van der Waals surface area contributed by atoms with Crippen molar-refractivity contribution in [1.82, 2.24) is 15.5 Å². The molecule has 0 aromatic heterocycles. The number of urea groups is 1. The maximum Gasteiger partial charge on any atom is 0.325 e. The number of hydrogen-bond acceptors (Lipinski definition) is 4. The van der Waals surface area contributed by atoms with Crippen molar-refractivity contribution in [2.45, 2.75) is 51.1 Å². The van der Waals surface area contributed by atoms with Gasteiger partial charge < -0.3 is 10.6 Å². The Hall–Kier alpha value is -2.88. The molecule has 7 nitrogen and oxygen atoms in total. The first-order valence-corrected chi connectivity index (χ1v) is 9.29. The smallest absolute Gasteiger partial charge is 0.325 e. The van der Waals surface area contributed by atoms with Gasteiger partial charge in [0.1, 0.15) is 12.1 Å². The molecule has 0 spiro atoms. The molecule has 2 N–H and O–H groups in total. The Balaban J connectivity index is 1.72. The van der Waals surface area contributed by atoms with Crippen molar-refractivity contribution >= 4 is 17.8 Å². The zero-order chi connectivity index (χ0) is 19.6. The number of carbonyl (C=O) groups excluding carboxylic acids is 3. The van der Waals surface area contributed by atoms with Crippen molar-refractivity contribution in [3.63, 3.8) is 0 Å². The van der Waals surface area contributed by atoms with Crippen LogP contribution in [0.2, 0.25) is 0 Å². The van der Waals surface area contributed by atoms with E-state index in [4.69, 9.17) is 5.26 Å². The Morgan fingerprint density at radius 1 is 1.37 bits per heavy atom. The van der Waals surface area contributed by atoms with Crippen molar-refractivity contribution in [3.8, 4) is 6.07 Å². The van der Waals surface area contributed by atoms with Crippen LogP contribution < -0.4 is 10.6 Å². The maximum atomic E-state index is 12.9. The van der Waals surface area contributed by atoms with E-state index in [0.717, 1.165) is 24.2 Å². The molecule has 1 aliphatic carbocycles. The third kappa shape index (κ3) is 3.65. The SMILES string of the molecule is C[C@@H]1CCCC[C@@H]1NC(=O)CN1C(=O)N[C@](C)(c2cccc(C#N)c2)C1=O. The van der Waals surface area contributed by atoms with Crippen molar-refractivity contribution in [3.05, 3.63) is 35.4 Å². The lowest BCUT2D eigenvalue weighted by Gasteiger charge is -2.30. The van der Waals surface area contributed by atoms with Crippen LogP contribution >= 0.6 is 0 Å². The molecule has 3 rings (SSSR count). The topological polar surface area (TPSA) is 102 Å². The molecule has 1 saturated heterocycles. The van der Waals surface area contributed by atoms with E-state index in [-0.39, 0.29) is 18.5 Å². The molecule has 0 bridgehead atoms. The predicted octanol–water partition coefficient (Wildman–Crippen LogP) is 2.02. The summed E-state index contributed by atoms with van der Waals surface area (Å²) in [5.74, 6) is -0.425. The highest BCUT2D eigenvalue weighted by molar-refractivity contribution is 6.09. The second-order valence-corrected chi connectivity index (χ2v) is 7.57. The molecule has 1 aromatic carbocycles. The number of benzene rings is 1. The van der Waals surface area contributed by atoms with Crippen LogP contribution in [0.15, 0.2) is 24.3 Å². The fourth-order valence-electron chi connectivity index (χ4n) is 3.86. The van der Waals surface area contributed by atoms with E-state index in [9.17, 15) is 14.4 Å². The Morgan fingerprint density at radius 3 is 2.81 bits per heavy atom. The summed E-state index contributed by atoms with van der Waals surface area (Å²) < 4.78 is 0. The standard InChI is InChI=1S/C20H24N4O3/c1-13-6-3-4-9-16(13)22-17(25)12-24-18(26)20(2,23-19(24)27)15-8-5-7-14(10-15)11-21/h5,7-8,10,13,16H,3-4,6,9,12H2,1-2H3,(H,22,25)(H,23,27)/t13-,16+,20-/m1/s1. The number of amides is 4. The van der Waals surface area contributed by atoms with Gasteiger partial charge in [0, 0.05) is 6.04 Å². The quantitative estimate of drug-likeness (QED) is 0.794. The minimum atomic E-state index is -1.29. The lowest BCUT2D eigenvalue weighted by atomic mass is 9.86. The summed E-state index contributed by atoms with van der Waals surface area (Å²) in [6, 6.07) is 8.07. The number of carbonyl (C=O) groups is 3. The Morgan fingerprint density at radius 2 is 2.11 bits per heavy atom. The summed E-state index contributed by atoms with van der Waals surface area (Å²) >= 11 is 0. The van der Waals surface area contributed by atoms with Crippen molar-refractivity contribution in [1.29, 1.82) is 5.26 Å². The fraction of sp³-hybridized carbons (Fsp3) is 0.500. The monoisotopic (exact) mass is 368 g/mol. The lowest BCUT2D eigenvalue weighted by molar-refractivity contribution is -0.135. The number of nitrogens with one attached hydrogen (secondary N) is 2. The van der Waals surface area contributed by atoms with Crippen LogP contribution in [0.1, 0.15) is 50.7 Å². The van der Waals surface area contributed by atoms with E-state index in [1.54, 1.807) is 31.2 Å². The first kappa shape index (κ1) is 18.9. The first-order chi connectivity index (χ1) is 12.8. The molecule has 3 atom stereocenters. The summed E-state index contributed by atoms with van der Waals surface area (Å²) in [6.45, 7) is 3.39. The second-order valence-electron chi connectivity index (χ2n) is 7.57. The lowest BCUT2D eigenvalue weighted by Crippen LogP contribution is -2.47. The molecule has 1 heterocycles. The highest BCUT2D eigenvalue weighted by Gasteiger charge is 2.49. The van der Waals surface area contributed by atoms with Gasteiger partial charge in [-0.05, 0) is 43.4 Å². The zero-order valence-electron chi connectivity index (χ0n) is 15.6. The first-order valence-electron chi connectivity index (χ1n) is 9.29. The zero-order valence-corrected chi connectivity index (χ0v) is 15.6. The Labute approximate surface area is 158 Å². The van der Waals surface area contributed by atoms with E-state index in [1.807, 2.05) is 6.07 Å². The average Bonchev–Trinajstić information content (AvgIpc) is 2.88. The highest BCUT2D eigenvalue weighted by atomic mass is 16.2. The van der Waals surface area contributed by atoms with Crippen LogP contribution in [0.4, 0.5) is 4.79 Å². The van der Waals surface area contributed by atoms with Crippen molar-refractivity contribution < 1.29 is 14.4 Å². The molecule has 2 aliphatic rings. The van der Waals surface area contributed by atoms with Gasteiger partial charge in [-0.2, -0.15) is 5.26 Å². The molecule has 1 aromatic rings. The average molecular weight is 368 g/mol. The number of nitriles is 1. The molecular weight excluding hydrogens is 344 g/mol. The van der Waals surface area contributed by atoms with Gasteiger partial charge in [0.25, 0.3) is 5.91 Å². The van der Waals surface area contributed by atoms with Gasteiger partial charge in [0.2, 0.25) is 5.91 Å². The van der Waals surface area contributed by atoms with Gasteiger partial charge in [0.15, 0.2) is 0 Å². The second kappa shape index (κ2) is 7.39. The van der Waals surface area contributed by atoms with Crippen LogP contribution in [0, 0.1) is 17.2 Å². The maximum absolute atomic E-state index is 12.9. The van der Waals surface area contributed by atoms with Crippen molar-refractivity contribution in [2.75, 3.05) is 6.54 Å². The minimum absolute atomic E-state index is 0.0886. The van der Waals surface area contributed by atoms with Crippen LogP contribution in [-0.4, -0.2) is 35.3 Å². The minimum Gasteiger partial charge on any atom is -0.352 e. The van der Waals surface area contributed by atoms with Gasteiger partial charge >= 0.3 is 6.03 Å². The summed E-state index contributed by atoms with van der Waals surface area (Å²) in [5.41, 5.74) is -0.371. The van der Waals surface area contributed by atoms with Gasteiger partial charge in [-0.25, -0.2) is 4.79 Å². The molecule has 0 radical (unpaired) electrons. The fourth-order valence-corrected chi connectivity index (χ4v) is 3.86. The van der Waals surface area contributed by atoms with Crippen LogP contribution in [-0.2, 0) is 15.1 Å². The summed E-state index contributed by atoms with van der Waals surface area (Å²) in [5, 5.41) is 14.7. The van der Waals surface area contributed by atoms with Crippen LogP contribution in [0.5, 0.6) is 0 Å². The molecule has 1 aliphatic heterocycles. The molecule has 142 valence electrons. The number of nitrogens with zero attached hydrogens (tertiary/aromatic N) is 2. The molecule has 4 amide bonds. The van der Waals surface area contributed by atoms with Crippen molar-refractivity contribution in [2.24, 2.45) is 5.92 Å². The van der Waals surface area contributed by atoms with E-state index in [0.29, 0.717) is 17.0 Å². The summed E-state index contributed by atoms with van der Waals surface area (Å²) in [7, 11) is 0. The van der Waals surface area contributed by atoms with Gasteiger partial charge in [-0.3, -0.25) is 14.5 Å². The normalized spacial score (nSPS) is 27.8. The van der Waals surface area contributed by atoms with E-state index in [1.165, 1.54) is 6.42 Å². The molecule has 7 heteroatoms. The largest absolute Gasteiger partial charge is 0.352 e. The third-order valence-electron chi connectivity index (χ3n) is 5.60. The van der Waals surface area contributed by atoms with Gasteiger partial charge in [-0.15, -0.1) is 0 Å². The third-order valence-corrected chi connectivity index (χ3v) is 5.60. The van der Waals surface area contributed by atoms with E-state index < -0.39 is 17.5 Å². The van der Waals surface area contributed by atoms with E-state index >= 15 is 0 Å². The molecule has 27 heavy (non-hydrogen) atoms. The van der Waals surface area contributed by atoms with Gasteiger partial charge in [-0.1, -0.05) is 31.9 Å². The number of rotatable bonds is 4. The molecular formula is C20H24N4O3. The molecule has 2 fully saturated rings. The Bertz CT molecular complexity index is 816. The summed E-state index contributed by atoms with van der Waals surface area (Å²) in [4.78, 5) is 38.6. The predicted molar refractivity (Wildman–Crippen MR) is 98.3 cm³/mol. The molecule has 0 unspecified atom stereocenters. The van der Waals surface area contributed by atoms with E-state index in [2.05, 4.69) is 17.6 Å².